The Morgan fingerprint density at radius 3 is 3.00 bits per heavy atom. The second-order valence-corrected chi connectivity index (χ2v) is 6.87. The molecule has 1 saturated carbocycles. The number of nitrogens with zero attached hydrogens (tertiary/aromatic N) is 1. The zero-order chi connectivity index (χ0) is 11.7. The lowest BCUT2D eigenvalue weighted by atomic mass is 10.1. The summed E-state index contributed by atoms with van der Waals surface area (Å²) in [5.74, 6) is 0.842. The van der Waals surface area contributed by atoms with Crippen molar-refractivity contribution in [2.75, 3.05) is 0 Å². The molecule has 1 unspecified atom stereocenters. The molecule has 1 aliphatic rings. The maximum Gasteiger partial charge on any atom is 0.107 e. The summed E-state index contributed by atoms with van der Waals surface area (Å²) in [6.45, 7) is 3.01. The van der Waals surface area contributed by atoms with Crippen LogP contribution in [0, 0.1) is 12.8 Å². The standard InChI is InChI=1S/C13H16N2S2/c1-9-7-14-12(17-9)8-15-13(10-4-5-10)11-3-2-6-16-11/h2-3,6-7,10,13,15H,4-5,8H2,1H3. The number of hydrogen-bond donors (Lipinski definition) is 1. The maximum atomic E-state index is 4.41. The fourth-order valence-corrected chi connectivity index (χ4v) is 3.71. The lowest BCUT2D eigenvalue weighted by molar-refractivity contribution is 0.487. The Hall–Kier alpha value is -0.710. The third-order valence-corrected chi connectivity index (χ3v) is 4.95. The van der Waals surface area contributed by atoms with Gasteiger partial charge >= 0.3 is 0 Å². The van der Waals surface area contributed by atoms with Crippen molar-refractivity contribution in [2.45, 2.75) is 32.4 Å². The zero-order valence-electron chi connectivity index (χ0n) is 9.85. The molecular formula is C13H16N2S2. The van der Waals surface area contributed by atoms with Gasteiger partial charge in [-0.05, 0) is 37.1 Å². The summed E-state index contributed by atoms with van der Waals surface area (Å²) in [4.78, 5) is 7.17. The van der Waals surface area contributed by atoms with E-state index in [-0.39, 0.29) is 0 Å². The van der Waals surface area contributed by atoms with Gasteiger partial charge in [-0.25, -0.2) is 4.98 Å². The minimum atomic E-state index is 0.541. The number of nitrogens with one attached hydrogen (secondary N) is 1. The molecule has 1 aliphatic carbocycles. The minimum absolute atomic E-state index is 0.541. The average molecular weight is 264 g/mol. The van der Waals surface area contributed by atoms with Crippen LogP contribution in [-0.2, 0) is 6.54 Å². The first-order valence-corrected chi connectivity index (χ1v) is 7.70. The first kappa shape index (κ1) is 11.4. The Balaban J connectivity index is 1.65. The van der Waals surface area contributed by atoms with Crippen LogP contribution >= 0.6 is 22.7 Å². The third kappa shape index (κ3) is 2.76. The summed E-state index contributed by atoms with van der Waals surface area (Å²) in [5.41, 5.74) is 0. The van der Waals surface area contributed by atoms with Crippen molar-refractivity contribution < 1.29 is 0 Å². The van der Waals surface area contributed by atoms with Crippen molar-refractivity contribution in [3.8, 4) is 0 Å². The van der Waals surface area contributed by atoms with Gasteiger partial charge in [-0.1, -0.05) is 6.07 Å². The summed E-state index contributed by atoms with van der Waals surface area (Å²) < 4.78 is 0. The molecule has 0 amide bonds. The number of aryl methyl sites for hydroxylation is 1. The molecule has 2 nitrogen and oxygen atoms in total. The van der Waals surface area contributed by atoms with E-state index in [1.54, 1.807) is 11.3 Å². The SMILES string of the molecule is Cc1cnc(CNC(c2cccs2)C2CC2)s1. The molecular weight excluding hydrogens is 248 g/mol. The van der Waals surface area contributed by atoms with Gasteiger partial charge in [-0.15, -0.1) is 22.7 Å². The Labute approximate surface area is 110 Å². The predicted octanol–water partition coefficient (Wildman–Crippen LogP) is 3.75. The fourth-order valence-electron chi connectivity index (χ4n) is 2.08. The van der Waals surface area contributed by atoms with Crippen molar-refractivity contribution in [2.24, 2.45) is 5.92 Å². The highest BCUT2D eigenvalue weighted by molar-refractivity contribution is 7.11. The van der Waals surface area contributed by atoms with Gasteiger partial charge in [0.1, 0.15) is 5.01 Å². The van der Waals surface area contributed by atoms with Crippen LogP contribution < -0.4 is 5.32 Å². The molecule has 0 aromatic carbocycles. The smallest absolute Gasteiger partial charge is 0.107 e. The second-order valence-electron chi connectivity index (χ2n) is 4.58. The molecule has 17 heavy (non-hydrogen) atoms. The van der Waals surface area contributed by atoms with Crippen LogP contribution in [0.3, 0.4) is 0 Å². The molecule has 0 spiro atoms. The van der Waals surface area contributed by atoms with E-state index in [0.717, 1.165) is 12.5 Å². The number of aromatic nitrogens is 1. The van der Waals surface area contributed by atoms with Crippen molar-refractivity contribution >= 4 is 22.7 Å². The van der Waals surface area contributed by atoms with Gasteiger partial charge in [-0.3, -0.25) is 0 Å². The summed E-state index contributed by atoms with van der Waals surface area (Å²) in [6, 6.07) is 4.93. The first-order chi connectivity index (χ1) is 8.33. The van der Waals surface area contributed by atoms with Crippen molar-refractivity contribution in [3.63, 3.8) is 0 Å². The van der Waals surface area contributed by atoms with E-state index < -0.39 is 0 Å². The number of thiazole rings is 1. The van der Waals surface area contributed by atoms with Crippen molar-refractivity contribution in [1.82, 2.24) is 10.3 Å². The van der Waals surface area contributed by atoms with E-state index in [4.69, 9.17) is 0 Å². The van der Waals surface area contributed by atoms with Gasteiger partial charge in [0, 0.05) is 28.5 Å². The Kier molecular flexibility index (Phi) is 3.27. The maximum absolute atomic E-state index is 4.41. The van der Waals surface area contributed by atoms with Crippen LogP contribution in [-0.4, -0.2) is 4.98 Å². The molecule has 0 saturated heterocycles. The molecule has 2 heterocycles. The van der Waals surface area contributed by atoms with E-state index in [1.165, 1.54) is 27.6 Å². The van der Waals surface area contributed by atoms with E-state index in [2.05, 4.69) is 34.7 Å². The van der Waals surface area contributed by atoms with Gasteiger partial charge in [0.2, 0.25) is 0 Å². The van der Waals surface area contributed by atoms with Gasteiger partial charge < -0.3 is 5.32 Å². The number of hydrogen-bond acceptors (Lipinski definition) is 4. The van der Waals surface area contributed by atoms with Crippen LogP contribution in [0.4, 0.5) is 0 Å². The van der Waals surface area contributed by atoms with Crippen LogP contribution in [0.1, 0.15) is 33.6 Å². The molecule has 3 rings (SSSR count). The zero-order valence-corrected chi connectivity index (χ0v) is 11.5. The molecule has 90 valence electrons. The quantitative estimate of drug-likeness (QED) is 0.889. The van der Waals surface area contributed by atoms with Gasteiger partial charge in [-0.2, -0.15) is 0 Å². The Bertz CT molecular complexity index is 471. The third-order valence-electron chi connectivity index (χ3n) is 3.09. The molecule has 1 fully saturated rings. The first-order valence-electron chi connectivity index (χ1n) is 6.01. The lowest BCUT2D eigenvalue weighted by Gasteiger charge is -2.15. The highest BCUT2D eigenvalue weighted by Gasteiger charge is 2.32. The summed E-state index contributed by atoms with van der Waals surface area (Å²) in [6.07, 6.45) is 4.69. The fraction of sp³-hybridized carbons (Fsp3) is 0.462. The van der Waals surface area contributed by atoms with E-state index >= 15 is 0 Å². The van der Waals surface area contributed by atoms with Crippen LogP contribution in [0.15, 0.2) is 23.7 Å². The average Bonchev–Trinajstić information content (AvgIpc) is 2.85. The van der Waals surface area contributed by atoms with Gasteiger partial charge in [0.05, 0.1) is 0 Å². The molecule has 0 radical (unpaired) electrons. The molecule has 1 atom stereocenters. The van der Waals surface area contributed by atoms with Crippen LogP contribution in [0.5, 0.6) is 0 Å². The van der Waals surface area contributed by atoms with Gasteiger partial charge in [0.25, 0.3) is 0 Å². The number of rotatable bonds is 5. The summed E-state index contributed by atoms with van der Waals surface area (Å²) in [5, 5.41) is 7.04. The normalized spacial score (nSPS) is 17.2. The van der Waals surface area contributed by atoms with E-state index in [9.17, 15) is 0 Å². The van der Waals surface area contributed by atoms with Gasteiger partial charge in [0.15, 0.2) is 0 Å². The predicted molar refractivity (Wildman–Crippen MR) is 73.5 cm³/mol. The van der Waals surface area contributed by atoms with Crippen molar-refractivity contribution in [3.05, 3.63) is 38.5 Å². The highest BCUT2D eigenvalue weighted by atomic mass is 32.1. The second kappa shape index (κ2) is 4.88. The Morgan fingerprint density at radius 2 is 2.41 bits per heavy atom. The van der Waals surface area contributed by atoms with Crippen LogP contribution in [0.25, 0.3) is 0 Å². The monoisotopic (exact) mass is 264 g/mol. The minimum Gasteiger partial charge on any atom is -0.303 e. The topological polar surface area (TPSA) is 24.9 Å². The molecule has 0 aliphatic heterocycles. The van der Waals surface area contributed by atoms with E-state index in [1.807, 2.05) is 17.5 Å². The number of thiophene rings is 1. The van der Waals surface area contributed by atoms with Crippen LogP contribution in [0.2, 0.25) is 0 Å². The lowest BCUT2D eigenvalue weighted by Crippen LogP contribution is -2.21. The van der Waals surface area contributed by atoms with E-state index in [0.29, 0.717) is 6.04 Å². The highest BCUT2D eigenvalue weighted by Crippen LogP contribution is 2.42. The summed E-state index contributed by atoms with van der Waals surface area (Å²) >= 11 is 3.65. The molecule has 4 heteroatoms. The Morgan fingerprint density at radius 1 is 1.53 bits per heavy atom. The molecule has 2 aromatic rings. The molecule has 0 bridgehead atoms. The summed E-state index contributed by atoms with van der Waals surface area (Å²) in [7, 11) is 0. The molecule has 1 N–H and O–H groups in total. The largest absolute Gasteiger partial charge is 0.303 e. The van der Waals surface area contributed by atoms with Crippen molar-refractivity contribution in [1.29, 1.82) is 0 Å². The molecule has 2 aromatic heterocycles.